The van der Waals surface area contributed by atoms with Crippen molar-refractivity contribution >= 4 is 5.91 Å². The van der Waals surface area contributed by atoms with E-state index in [1.54, 1.807) is 14.0 Å². The van der Waals surface area contributed by atoms with Crippen LogP contribution in [0.5, 0.6) is 0 Å². The Labute approximate surface area is 85.6 Å². The molecule has 4 nitrogen and oxygen atoms in total. The third kappa shape index (κ3) is 4.07. The SMILES string of the molecule is COCCN1CCC(NC(C)=O)CC1. The van der Waals surface area contributed by atoms with E-state index in [-0.39, 0.29) is 5.91 Å². The fraction of sp³-hybridized carbons (Fsp3) is 0.900. The first-order valence-corrected chi connectivity index (χ1v) is 5.20. The predicted octanol–water partition coefficient (Wildman–Crippen LogP) is 0.233. The average Bonchev–Trinajstić information content (AvgIpc) is 2.16. The molecule has 1 N–H and O–H groups in total. The second-order valence-corrected chi connectivity index (χ2v) is 3.81. The summed E-state index contributed by atoms with van der Waals surface area (Å²) in [5.41, 5.74) is 0. The summed E-state index contributed by atoms with van der Waals surface area (Å²) in [4.78, 5) is 13.2. The first-order valence-electron chi connectivity index (χ1n) is 5.20. The maximum absolute atomic E-state index is 10.8. The monoisotopic (exact) mass is 200 g/mol. The number of hydrogen-bond donors (Lipinski definition) is 1. The Kier molecular flexibility index (Phi) is 4.90. The van der Waals surface area contributed by atoms with Gasteiger partial charge in [0.25, 0.3) is 0 Å². The van der Waals surface area contributed by atoms with Crippen LogP contribution in [0.4, 0.5) is 0 Å². The maximum Gasteiger partial charge on any atom is 0.217 e. The van der Waals surface area contributed by atoms with Gasteiger partial charge in [-0.3, -0.25) is 4.79 Å². The van der Waals surface area contributed by atoms with Crippen molar-refractivity contribution in [2.45, 2.75) is 25.8 Å². The number of carbonyl (C=O) groups excluding carboxylic acids is 1. The first-order chi connectivity index (χ1) is 6.72. The Balaban J connectivity index is 2.14. The molecule has 0 unspecified atom stereocenters. The predicted molar refractivity (Wildman–Crippen MR) is 55.2 cm³/mol. The van der Waals surface area contributed by atoms with Crippen molar-refractivity contribution in [1.82, 2.24) is 10.2 Å². The Morgan fingerprint density at radius 3 is 2.64 bits per heavy atom. The number of carbonyl (C=O) groups is 1. The maximum atomic E-state index is 10.8. The first kappa shape index (κ1) is 11.5. The standard InChI is InChI=1S/C10H20N2O2/c1-9(13)11-10-3-5-12(6-4-10)7-8-14-2/h10H,3-8H2,1-2H3,(H,11,13). The number of likely N-dealkylation sites (tertiary alicyclic amines) is 1. The number of methoxy groups -OCH3 is 1. The minimum absolute atomic E-state index is 0.0836. The summed E-state index contributed by atoms with van der Waals surface area (Å²) in [6.07, 6.45) is 2.12. The third-order valence-corrected chi connectivity index (χ3v) is 2.61. The highest BCUT2D eigenvalue weighted by atomic mass is 16.5. The molecule has 0 radical (unpaired) electrons. The second kappa shape index (κ2) is 5.98. The summed E-state index contributed by atoms with van der Waals surface area (Å²) in [7, 11) is 1.73. The number of nitrogens with zero attached hydrogens (tertiary/aromatic N) is 1. The summed E-state index contributed by atoms with van der Waals surface area (Å²) in [5, 5.41) is 2.96. The molecule has 0 bridgehead atoms. The number of hydrogen-bond acceptors (Lipinski definition) is 3. The summed E-state index contributed by atoms with van der Waals surface area (Å²) in [6, 6.07) is 0.381. The molecule has 0 aromatic rings. The number of piperidine rings is 1. The smallest absolute Gasteiger partial charge is 0.217 e. The molecule has 0 saturated carbocycles. The zero-order valence-corrected chi connectivity index (χ0v) is 9.08. The van der Waals surface area contributed by atoms with Gasteiger partial charge in [0.1, 0.15) is 0 Å². The lowest BCUT2D eigenvalue weighted by atomic mass is 10.1. The van der Waals surface area contributed by atoms with E-state index in [1.165, 1.54) is 0 Å². The largest absolute Gasteiger partial charge is 0.383 e. The number of nitrogens with one attached hydrogen (secondary N) is 1. The Hall–Kier alpha value is -0.610. The Morgan fingerprint density at radius 2 is 2.14 bits per heavy atom. The van der Waals surface area contributed by atoms with E-state index >= 15 is 0 Å². The van der Waals surface area contributed by atoms with Crippen LogP contribution in [0.15, 0.2) is 0 Å². The zero-order valence-electron chi connectivity index (χ0n) is 9.08. The summed E-state index contributed by atoms with van der Waals surface area (Å²) in [5.74, 6) is 0.0836. The normalized spacial score (nSPS) is 19.6. The van der Waals surface area contributed by atoms with Gasteiger partial charge in [-0.25, -0.2) is 0 Å². The molecular formula is C10H20N2O2. The Bertz CT molecular complexity index is 177. The van der Waals surface area contributed by atoms with E-state index < -0.39 is 0 Å². The van der Waals surface area contributed by atoms with Gasteiger partial charge in [0.15, 0.2) is 0 Å². The van der Waals surface area contributed by atoms with Crippen molar-refractivity contribution in [1.29, 1.82) is 0 Å². The molecule has 1 rings (SSSR count). The lowest BCUT2D eigenvalue weighted by molar-refractivity contribution is -0.119. The van der Waals surface area contributed by atoms with E-state index in [1.807, 2.05) is 0 Å². The van der Waals surface area contributed by atoms with E-state index in [0.717, 1.165) is 39.1 Å². The van der Waals surface area contributed by atoms with Crippen molar-refractivity contribution in [3.63, 3.8) is 0 Å². The van der Waals surface area contributed by atoms with Crippen molar-refractivity contribution in [3.8, 4) is 0 Å². The van der Waals surface area contributed by atoms with Crippen LogP contribution in [0.25, 0.3) is 0 Å². The van der Waals surface area contributed by atoms with Crippen LogP contribution in [0, 0.1) is 0 Å². The van der Waals surface area contributed by atoms with Crippen molar-refractivity contribution < 1.29 is 9.53 Å². The molecule has 82 valence electrons. The minimum Gasteiger partial charge on any atom is -0.383 e. The molecule has 14 heavy (non-hydrogen) atoms. The van der Waals surface area contributed by atoms with Gasteiger partial charge < -0.3 is 15.0 Å². The van der Waals surface area contributed by atoms with E-state index in [0.29, 0.717) is 6.04 Å². The lowest BCUT2D eigenvalue weighted by Crippen LogP contribution is -2.44. The minimum atomic E-state index is 0.0836. The van der Waals surface area contributed by atoms with Gasteiger partial charge >= 0.3 is 0 Å². The van der Waals surface area contributed by atoms with Gasteiger partial charge in [0.2, 0.25) is 5.91 Å². The lowest BCUT2D eigenvalue weighted by Gasteiger charge is -2.31. The fourth-order valence-corrected chi connectivity index (χ4v) is 1.81. The van der Waals surface area contributed by atoms with Crippen LogP contribution in [-0.4, -0.2) is 50.2 Å². The van der Waals surface area contributed by atoms with Crippen molar-refractivity contribution in [2.75, 3.05) is 33.4 Å². The molecule has 0 aromatic carbocycles. The molecule has 1 fully saturated rings. The van der Waals surface area contributed by atoms with Crippen LogP contribution < -0.4 is 5.32 Å². The number of amides is 1. The van der Waals surface area contributed by atoms with Crippen LogP contribution in [0.3, 0.4) is 0 Å². The highest BCUT2D eigenvalue weighted by molar-refractivity contribution is 5.73. The van der Waals surface area contributed by atoms with Crippen LogP contribution in [0.2, 0.25) is 0 Å². The van der Waals surface area contributed by atoms with Crippen molar-refractivity contribution in [3.05, 3.63) is 0 Å². The second-order valence-electron chi connectivity index (χ2n) is 3.81. The molecule has 1 heterocycles. The molecule has 1 aliphatic rings. The molecule has 4 heteroatoms. The molecule has 1 amide bonds. The molecule has 1 aliphatic heterocycles. The van der Waals surface area contributed by atoms with Gasteiger partial charge in [0.05, 0.1) is 6.61 Å². The topological polar surface area (TPSA) is 41.6 Å². The Morgan fingerprint density at radius 1 is 1.50 bits per heavy atom. The quantitative estimate of drug-likeness (QED) is 0.706. The molecular weight excluding hydrogens is 180 g/mol. The molecule has 0 aromatic heterocycles. The van der Waals surface area contributed by atoms with Gasteiger partial charge in [-0.1, -0.05) is 0 Å². The molecule has 0 atom stereocenters. The van der Waals surface area contributed by atoms with E-state index in [4.69, 9.17) is 4.74 Å². The molecule has 0 aliphatic carbocycles. The van der Waals surface area contributed by atoms with Gasteiger partial charge in [-0.05, 0) is 12.8 Å². The molecule has 0 spiro atoms. The van der Waals surface area contributed by atoms with Crippen LogP contribution >= 0.6 is 0 Å². The molecule has 1 saturated heterocycles. The van der Waals surface area contributed by atoms with E-state index in [9.17, 15) is 4.79 Å². The van der Waals surface area contributed by atoms with Gasteiger partial charge in [0, 0.05) is 39.7 Å². The summed E-state index contributed by atoms with van der Waals surface area (Å²) >= 11 is 0. The summed E-state index contributed by atoms with van der Waals surface area (Å²) < 4.78 is 5.02. The number of ether oxygens (including phenoxy) is 1. The highest BCUT2D eigenvalue weighted by Crippen LogP contribution is 2.09. The average molecular weight is 200 g/mol. The zero-order chi connectivity index (χ0) is 10.4. The van der Waals surface area contributed by atoms with Crippen molar-refractivity contribution in [2.24, 2.45) is 0 Å². The highest BCUT2D eigenvalue weighted by Gasteiger charge is 2.18. The fourth-order valence-electron chi connectivity index (χ4n) is 1.81. The number of rotatable bonds is 4. The van der Waals surface area contributed by atoms with Gasteiger partial charge in [-0.2, -0.15) is 0 Å². The third-order valence-electron chi connectivity index (χ3n) is 2.61. The van der Waals surface area contributed by atoms with Gasteiger partial charge in [-0.15, -0.1) is 0 Å². The van der Waals surface area contributed by atoms with E-state index in [2.05, 4.69) is 10.2 Å². The summed E-state index contributed by atoms with van der Waals surface area (Å²) in [6.45, 7) is 5.51. The van der Waals surface area contributed by atoms with Crippen LogP contribution in [-0.2, 0) is 9.53 Å². The van der Waals surface area contributed by atoms with Crippen LogP contribution in [0.1, 0.15) is 19.8 Å².